The number of hydrogen-bond acceptors (Lipinski definition) is 4. The summed E-state index contributed by atoms with van der Waals surface area (Å²) in [6, 6.07) is -4.11. The number of hydrogen-bond donors (Lipinski definition) is 1. The predicted molar refractivity (Wildman–Crippen MR) is 86.3 cm³/mol. The number of carbonyl (C=O) groups is 1. The number of nitrogens with one attached hydrogen (secondary N) is 1. The molecule has 8 heteroatoms. The Bertz CT molecular complexity index is 1050. The lowest BCUT2D eigenvalue weighted by atomic mass is 9.99. The smallest absolute Gasteiger partial charge is 0.335 e. The highest BCUT2D eigenvalue weighted by atomic mass is 35.5. The largest absolute Gasteiger partial charge is 0.463 e. The Labute approximate surface area is 150 Å². The monoisotopic (exact) mass is 369 g/mol. The highest BCUT2D eigenvalue weighted by molar-refractivity contribution is 7.93. The van der Waals surface area contributed by atoms with E-state index in [2.05, 4.69) is 0 Å². The zero-order chi connectivity index (χ0) is 24.1. The molecule has 1 aromatic carbocycles. The maximum Gasteiger partial charge on any atom is 0.335 e. The van der Waals surface area contributed by atoms with Gasteiger partial charge in [-0.1, -0.05) is 17.7 Å². The molecule has 126 valence electrons. The van der Waals surface area contributed by atoms with Crippen LogP contribution in [0.1, 0.15) is 37.1 Å². The van der Waals surface area contributed by atoms with E-state index in [9.17, 15) is 17.6 Å². The first-order chi connectivity index (χ1) is 14.0. The maximum atomic E-state index is 13.8. The van der Waals surface area contributed by atoms with E-state index in [0.717, 1.165) is 0 Å². The second-order valence-corrected chi connectivity index (χ2v) is 6.36. The van der Waals surface area contributed by atoms with Crippen molar-refractivity contribution in [2.24, 2.45) is 0 Å². The van der Waals surface area contributed by atoms with E-state index < -0.39 is 86.7 Å². The summed E-state index contributed by atoms with van der Waals surface area (Å²) in [5.41, 5.74) is -1.87. The first-order valence-corrected chi connectivity index (χ1v) is 8.26. The Kier molecular flexibility index (Phi) is 3.06. The molecule has 0 aromatic heterocycles. The van der Waals surface area contributed by atoms with E-state index in [-0.39, 0.29) is 6.61 Å². The van der Waals surface area contributed by atoms with Gasteiger partial charge in [-0.3, -0.25) is 4.72 Å². The van der Waals surface area contributed by atoms with Gasteiger partial charge in [-0.05, 0) is 44.2 Å². The molecule has 2 rings (SSSR count). The third-order valence-electron chi connectivity index (χ3n) is 2.65. The minimum atomic E-state index is -5.19. The Hall–Kier alpha value is -1.60. The van der Waals surface area contributed by atoms with Gasteiger partial charge in [0, 0.05) is 5.48 Å². The molecule has 1 aliphatic rings. The molecule has 0 spiro atoms. The van der Waals surface area contributed by atoms with Crippen LogP contribution >= 0.6 is 11.6 Å². The van der Waals surface area contributed by atoms with Crippen LogP contribution in [0.15, 0.2) is 29.8 Å². The first kappa shape index (κ1) is 9.64. The average Bonchev–Trinajstić information content (AvgIpc) is 2.64. The van der Waals surface area contributed by atoms with Gasteiger partial charge in [0.15, 0.2) is 0 Å². The number of sulfonamides is 1. The van der Waals surface area contributed by atoms with Gasteiger partial charge in [-0.15, -0.1) is 0 Å². The lowest BCUT2D eigenvalue weighted by Gasteiger charge is -2.24. The van der Waals surface area contributed by atoms with Crippen LogP contribution in [0.3, 0.4) is 0 Å². The van der Waals surface area contributed by atoms with Gasteiger partial charge in [0.2, 0.25) is 10.0 Å². The summed E-state index contributed by atoms with van der Waals surface area (Å²) in [6.07, 6.45) is -7.06. The maximum absolute atomic E-state index is 13.8. The van der Waals surface area contributed by atoms with Crippen molar-refractivity contribution in [3.05, 3.63) is 40.6 Å². The number of esters is 1. The summed E-state index contributed by atoms with van der Waals surface area (Å²) in [7, 11) is -5.19. The van der Waals surface area contributed by atoms with Gasteiger partial charge < -0.3 is 4.74 Å². The Morgan fingerprint density at radius 2 is 2.35 bits per heavy atom. The predicted octanol–water partition coefficient (Wildman–Crippen LogP) is 3.26. The van der Waals surface area contributed by atoms with Crippen molar-refractivity contribution in [2.45, 2.75) is 31.3 Å². The van der Waals surface area contributed by atoms with Crippen molar-refractivity contribution in [3.8, 4) is 0 Å². The highest BCUT2D eigenvalue weighted by Gasteiger charge is 2.35. The molecule has 1 N–H and O–H groups in total. The minimum absolute atomic E-state index is 0.239. The molecule has 0 saturated carbocycles. The molecule has 1 aliphatic carbocycles. The van der Waals surface area contributed by atoms with Gasteiger partial charge in [-0.2, -0.15) is 0 Å². The van der Waals surface area contributed by atoms with Gasteiger partial charge in [0.05, 0.1) is 28.4 Å². The van der Waals surface area contributed by atoms with Crippen LogP contribution in [0.5, 0.6) is 0 Å². The SMILES string of the molecule is [2H]C1=C(C(=O)OCC)[C@H](S(=O)(=O)Nc2c([2H])c([2H])c(F)c([2H])c2Cl)C([2H])([2H])C([2H])([2H])C1. The standard InChI is InChI=1S/C15H17ClFNO4S/c1-2-22-15(19)11-5-3-4-6-14(11)23(20,21)18-13-8-7-10(17)9-12(13)16/h5,7-9,14,18H,2-4,6H2,1H3/t14-/m1/s1/i4D2,5D,6D2,7D,8D,9D. The molecule has 0 aliphatic heterocycles. The molecule has 0 amide bonds. The summed E-state index contributed by atoms with van der Waals surface area (Å²) in [4.78, 5) is 12.3. The second-order valence-electron chi connectivity index (χ2n) is 4.21. The molecule has 0 fully saturated rings. The second kappa shape index (κ2) is 7.31. The zero-order valence-electron chi connectivity index (χ0n) is 19.8. The Morgan fingerprint density at radius 1 is 1.61 bits per heavy atom. The normalized spacial score (nSPS) is 28.0. The van der Waals surface area contributed by atoms with Gasteiger partial charge >= 0.3 is 5.97 Å². The third kappa shape index (κ3) is 4.23. The number of allylic oxidation sites excluding steroid dienone is 1. The lowest BCUT2D eigenvalue weighted by Crippen LogP contribution is -2.34. The molecule has 0 radical (unpaired) electrons. The molecule has 23 heavy (non-hydrogen) atoms. The van der Waals surface area contributed by atoms with Gasteiger partial charge in [-0.25, -0.2) is 17.6 Å². The topological polar surface area (TPSA) is 72.5 Å². The zero-order valence-corrected chi connectivity index (χ0v) is 13.4. The van der Waals surface area contributed by atoms with Crippen molar-refractivity contribution in [1.82, 2.24) is 0 Å². The molecule has 0 bridgehead atoms. The van der Waals surface area contributed by atoms with Gasteiger partial charge in [0.25, 0.3) is 0 Å². The highest BCUT2D eigenvalue weighted by Crippen LogP contribution is 2.30. The number of benzene rings is 1. The lowest BCUT2D eigenvalue weighted by molar-refractivity contribution is -0.138. The van der Waals surface area contributed by atoms with E-state index in [4.69, 9.17) is 27.3 Å². The van der Waals surface area contributed by atoms with E-state index >= 15 is 0 Å². The van der Waals surface area contributed by atoms with E-state index in [1.54, 1.807) is 4.72 Å². The Balaban J connectivity index is 2.75. The number of carbonyl (C=O) groups excluding carboxylic acids is 1. The van der Waals surface area contributed by atoms with Crippen LogP contribution in [-0.4, -0.2) is 26.2 Å². The fourth-order valence-corrected chi connectivity index (χ4v) is 3.22. The average molecular weight is 370 g/mol. The van der Waals surface area contributed by atoms with Crippen molar-refractivity contribution in [2.75, 3.05) is 11.3 Å². The number of anilines is 1. The number of halogens is 2. The van der Waals surface area contributed by atoms with Crippen LogP contribution < -0.4 is 4.72 Å². The van der Waals surface area contributed by atoms with Crippen molar-refractivity contribution >= 4 is 33.3 Å². The molecule has 1 aromatic rings. The molecule has 0 saturated heterocycles. The van der Waals surface area contributed by atoms with Crippen LogP contribution in [0, 0.1) is 5.82 Å². The number of rotatable bonds is 5. The third-order valence-corrected chi connectivity index (χ3v) is 4.40. The fourth-order valence-electron chi connectivity index (χ4n) is 1.70. The first-order valence-electron chi connectivity index (χ1n) is 10.3. The molecule has 5 nitrogen and oxygen atoms in total. The quantitative estimate of drug-likeness (QED) is 0.808. The number of ether oxygens (including phenoxy) is 1. The van der Waals surface area contributed by atoms with Crippen LogP contribution in [-0.2, 0) is 19.6 Å². The molecule has 1 atom stereocenters. The summed E-state index contributed by atoms with van der Waals surface area (Å²) < 4.78 is 109. The fraction of sp³-hybridized carbons (Fsp3) is 0.400. The molecular weight excluding hydrogens is 345 g/mol. The van der Waals surface area contributed by atoms with E-state index in [0.29, 0.717) is 0 Å². The van der Waals surface area contributed by atoms with Crippen LogP contribution in [0.2, 0.25) is 5.02 Å². The molecular formula is C15H17ClFNO4S. The molecule has 0 unspecified atom stereocenters. The van der Waals surface area contributed by atoms with E-state index in [1.165, 1.54) is 6.92 Å². The van der Waals surface area contributed by atoms with Gasteiger partial charge in [0.1, 0.15) is 11.1 Å². The minimum Gasteiger partial charge on any atom is -0.463 e. The van der Waals surface area contributed by atoms with Crippen molar-refractivity contribution in [1.29, 1.82) is 0 Å². The summed E-state index contributed by atoms with van der Waals surface area (Å²) in [6.45, 7) is 1.15. The Morgan fingerprint density at radius 3 is 3.04 bits per heavy atom. The van der Waals surface area contributed by atoms with Crippen molar-refractivity contribution in [3.63, 3.8) is 0 Å². The van der Waals surface area contributed by atoms with E-state index in [1.807, 2.05) is 0 Å². The molecule has 0 heterocycles. The summed E-state index contributed by atoms with van der Waals surface area (Å²) in [5.74, 6) is -2.83. The summed E-state index contributed by atoms with van der Waals surface area (Å²) >= 11 is 5.76. The summed E-state index contributed by atoms with van der Waals surface area (Å²) in [5, 5.41) is -3.51. The van der Waals surface area contributed by atoms with Crippen LogP contribution in [0.4, 0.5) is 10.1 Å². The van der Waals surface area contributed by atoms with Crippen molar-refractivity contribution < 1.29 is 33.3 Å². The van der Waals surface area contributed by atoms with Crippen LogP contribution in [0.25, 0.3) is 0 Å².